The van der Waals surface area contributed by atoms with Gasteiger partial charge in [-0.15, -0.1) is 0 Å². The summed E-state index contributed by atoms with van der Waals surface area (Å²) >= 11 is 0. The largest absolute Gasteiger partial charge is 0.372 e. The first-order chi connectivity index (χ1) is 24.8. The third kappa shape index (κ3) is 7.45. The Hall–Kier alpha value is -4.18. The molecule has 4 aromatic carbocycles. The number of hydrogen-bond donors (Lipinski definition) is 0. The van der Waals surface area contributed by atoms with Crippen LogP contribution in [-0.4, -0.2) is 52.4 Å². The van der Waals surface area contributed by atoms with Gasteiger partial charge in [-0.3, -0.25) is 0 Å². The van der Waals surface area contributed by atoms with Crippen molar-refractivity contribution in [1.29, 1.82) is 0 Å². The summed E-state index contributed by atoms with van der Waals surface area (Å²) in [7, 11) is 0. The molecule has 4 aliphatic heterocycles. The Labute approximate surface area is 301 Å². The summed E-state index contributed by atoms with van der Waals surface area (Å²) in [4.78, 5) is 10.3. The first-order valence-electron chi connectivity index (χ1n) is 20.0. The lowest BCUT2D eigenvalue weighted by Gasteiger charge is -2.30. The molecule has 0 aliphatic carbocycles. The first kappa shape index (κ1) is 33.0. The van der Waals surface area contributed by atoms with E-state index >= 15 is 0 Å². The molecule has 4 heterocycles. The van der Waals surface area contributed by atoms with Crippen LogP contribution in [0.1, 0.15) is 99.3 Å². The van der Waals surface area contributed by atoms with Crippen LogP contribution in [0.5, 0.6) is 0 Å². The summed E-state index contributed by atoms with van der Waals surface area (Å²) in [5.74, 6) is 0. The van der Waals surface area contributed by atoms with Gasteiger partial charge >= 0.3 is 0 Å². The Kier molecular flexibility index (Phi) is 10.4. The summed E-state index contributed by atoms with van der Waals surface area (Å²) in [5, 5.41) is 0. The van der Waals surface area contributed by atoms with Gasteiger partial charge in [0.1, 0.15) is 0 Å². The first-order valence-corrected chi connectivity index (χ1v) is 20.0. The second kappa shape index (κ2) is 15.8. The Morgan fingerprint density at radius 1 is 0.240 bits per heavy atom. The average molecular weight is 665 g/mol. The maximum Gasteiger partial charge on any atom is 0.0366 e. The van der Waals surface area contributed by atoms with Crippen molar-refractivity contribution in [2.45, 2.75) is 77.0 Å². The molecule has 4 heteroatoms. The Balaban J connectivity index is 1.25. The van der Waals surface area contributed by atoms with E-state index < -0.39 is 0 Å². The summed E-state index contributed by atoms with van der Waals surface area (Å²) in [6.07, 6.45) is 15.8. The van der Waals surface area contributed by atoms with Crippen LogP contribution < -0.4 is 19.6 Å². The van der Waals surface area contributed by atoms with Crippen LogP contribution >= 0.6 is 0 Å². The van der Waals surface area contributed by atoms with Gasteiger partial charge in [0.15, 0.2) is 0 Å². The zero-order valence-corrected chi connectivity index (χ0v) is 30.2. The predicted molar refractivity (Wildman–Crippen MR) is 215 cm³/mol. The molecule has 0 N–H and O–H groups in total. The third-order valence-electron chi connectivity index (χ3n) is 11.8. The number of nitrogens with zero attached hydrogens (tertiary/aromatic N) is 4. The van der Waals surface area contributed by atoms with E-state index in [1.54, 1.807) is 0 Å². The SMILES string of the molecule is c1cc(N2CCCCC2)ccc1C(=C(c1ccc(N2CCCCC2)cc1)c1ccc(N2CCCCC2)cc1)c1ccc(N2CCCCC2)cc1. The highest BCUT2D eigenvalue weighted by atomic mass is 15.1. The van der Waals surface area contributed by atoms with Gasteiger partial charge in [-0.2, -0.15) is 0 Å². The molecule has 0 amide bonds. The van der Waals surface area contributed by atoms with Crippen molar-refractivity contribution in [3.63, 3.8) is 0 Å². The summed E-state index contributed by atoms with van der Waals surface area (Å²) < 4.78 is 0. The molecule has 0 unspecified atom stereocenters. The second-order valence-electron chi connectivity index (χ2n) is 15.1. The molecule has 0 bridgehead atoms. The van der Waals surface area contributed by atoms with Crippen molar-refractivity contribution in [2.24, 2.45) is 0 Å². The van der Waals surface area contributed by atoms with Crippen molar-refractivity contribution in [1.82, 2.24) is 0 Å². The van der Waals surface area contributed by atoms with E-state index in [1.807, 2.05) is 0 Å². The highest BCUT2D eigenvalue weighted by Gasteiger charge is 2.21. The van der Waals surface area contributed by atoms with Crippen molar-refractivity contribution >= 4 is 33.9 Å². The minimum absolute atomic E-state index is 1.16. The van der Waals surface area contributed by atoms with Crippen LogP contribution in [0.3, 0.4) is 0 Å². The Bertz CT molecular complexity index is 1420. The molecule has 0 radical (unpaired) electrons. The number of benzene rings is 4. The quantitative estimate of drug-likeness (QED) is 0.174. The standard InChI is InChI=1S/C46H56N4/c1-5-29-47(30-6-1)41-21-13-37(14-22-41)45(38-15-23-42(24-16-38)48-31-7-2-8-32-48)46(39-17-25-43(26-18-39)49-33-9-3-10-34-49)40-19-27-44(28-20-40)50-35-11-4-12-36-50/h13-28H,1-12,29-36H2. The molecule has 0 saturated carbocycles. The average Bonchev–Trinajstić information content (AvgIpc) is 3.22. The van der Waals surface area contributed by atoms with Crippen molar-refractivity contribution in [2.75, 3.05) is 72.0 Å². The Morgan fingerprint density at radius 3 is 0.600 bits per heavy atom. The van der Waals surface area contributed by atoms with Crippen molar-refractivity contribution in [3.8, 4) is 0 Å². The van der Waals surface area contributed by atoms with E-state index in [4.69, 9.17) is 0 Å². The lowest BCUT2D eigenvalue weighted by Crippen LogP contribution is -2.29. The maximum atomic E-state index is 2.57. The summed E-state index contributed by atoms with van der Waals surface area (Å²) in [6.45, 7) is 9.32. The molecule has 8 rings (SSSR count). The molecular formula is C46H56N4. The molecule has 4 aromatic rings. The lowest BCUT2D eigenvalue weighted by atomic mass is 9.85. The molecule has 4 saturated heterocycles. The van der Waals surface area contributed by atoms with Gasteiger partial charge in [0.05, 0.1) is 0 Å². The summed E-state index contributed by atoms with van der Waals surface area (Å²) in [6, 6.07) is 38.1. The van der Waals surface area contributed by atoms with Gasteiger partial charge in [-0.25, -0.2) is 0 Å². The fraction of sp³-hybridized carbons (Fsp3) is 0.435. The Morgan fingerprint density at radius 2 is 0.420 bits per heavy atom. The van der Waals surface area contributed by atoms with E-state index in [9.17, 15) is 0 Å². The van der Waals surface area contributed by atoms with Gasteiger partial charge < -0.3 is 19.6 Å². The minimum Gasteiger partial charge on any atom is -0.372 e. The van der Waals surface area contributed by atoms with Crippen molar-refractivity contribution < 1.29 is 0 Å². The smallest absolute Gasteiger partial charge is 0.0366 e. The number of piperidine rings is 4. The van der Waals surface area contributed by atoms with E-state index in [1.165, 1.54) is 133 Å². The predicted octanol–water partition coefficient (Wildman–Crippen LogP) is 10.7. The van der Waals surface area contributed by atoms with Gasteiger partial charge in [0.25, 0.3) is 0 Å². The third-order valence-corrected chi connectivity index (χ3v) is 11.8. The van der Waals surface area contributed by atoms with Crippen LogP contribution in [0, 0.1) is 0 Å². The molecule has 50 heavy (non-hydrogen) atoms. The second-order valence-corrected chi connectivity index (χ2v) is 15.1. The molecule has 0 atom stereocenters. The van der Waals surface area contributed by atoms with Crippen LogP contribution in [0.15, 0.2) is 97.1 Å². The fourth-order valence-corrected chi connectivity index (χ4v) is 8.87. The van der Waals surface area contributed by atoms with Gasteiger partial charge in [-0.05, 0) is 159 Å². The minimum atomic E-state index is 1.16. The molecule has 260 valence electrons. The zero-order valence-electron chi connectivity index (χ0n) is 30.2. The molecule has 4 fully saturated rings. The molecule has 4 aliphatic rings. The van der Waals surface area contributed by atoms with Crippen molar-refractivity contribution in [3.05, 3.63) is 119 Å². The van der Waals surface area contributed by atoms with Crippen LogP contribution in [0.4, 0.5) is 22.7 Å². The van der Waals surface area contributed by atoms with E-state index in [0.717, 1.165) is 52.4 Å². The van der Waals surface area contributed by atoms with Crippen LogP contribution in [0.2, 0.25) is 0 Å². The van der Waals surface area contributed by atoms with E-state index in [-0.39, 0.29) is 0 Å². The fourth-order valence-electron chi connectivity index (χ4n) is 8.87. The number of rotatable bonds is 8. The highest BCUT2D eigenvalue weighted by molar-refractivity contribution is 6.05. The normalized spacial score (nSPS) is 18.6. The monoisotopic (exact) mass is 664 g/mol. The van der Waals surface area contributed by atoms with Gasteiger partial charge in [0, 0.05) is 75.1 Å². The lowest BCUT2D eigenvalue weighted by molar-refractivity contribution is 0.578. The van der Waals surface area contributed by atoms with E-state index in [2.05, 4.69) is 117 Å². The topological polar surface area (TPSA) is 13.0 Å². The molecule has 4 nitrogen and oxygen atoms in total. The molecule has 0 aromatic heterocycles. The van der Waals surface area contributed by atoms with E-state index in [0.29, 0.717) is 0 Å². The van der Waals surface area contributed by atoms with Gasteiger partial charge in [-0.1, -0.05) is 48.5 Å². The number of hydrogen-bond acceptors (Lipinski definition) is 4. The van der Waals surface area contributed by atoms with Crippen LogP contribution in [0.25, 0.3) is 11.1 Å². The molecule has 0 spiro atoms. The number of anilines is 4. The molecular weight excluding hydrogens is 609 g/mol. The van der Waals surface area contributed by atoms with Gasteiger partial charge in [0.2, 0.25) is 0 Å². The maximum absolute atomic E-state index is 2.57. The highest BCUT2D eigenvalue weighted by Crippen LogP contribution is 2.40. The van der Waals surface area contributed by atoms with Crippen LogP contribution in [-0.2, 0) is 0 Å². The zero-order chi connectivity index (χ0) is 33.5. The summed E-state index contributed by atoms with van der Waals surface area (Å²) in [5.41, 5.74) is 13.2.